The van der Waals surface area contributed by atoms with Gasteiger partial charge in [-0.25, -0.2) is 0 Å². The first kappa shape index (κ1) is 14.6. The highest BCUT2D eigenvalue weighted by Gasteiger charge is 2.57. The molecule has 1 saturated carbocycles. The van der Waals surface area contributed by atoms with Crippen LogP contribution in [0.1, 0.15) is 78.8 Å². The SMILES string of the molecule is C[C@]12CCC3=C(C(=O)c4occ5c4[C@]3(C)CCC5=O)[C@@H]1CC[C@@H]2O. The van der Waals surface area contributed by atoms with Crippen LogP contribution in [0.3, 0.4) is 0 Å². The molecule has 1 fully saturated rings. The fourth-order valence-electron chi connectivity index (χ4n) is 5.96. The Labute approximate surface area is 140 Å². The molecule has 4 aliphatic rings. The van der Waals surface area contributed by atoms with E-state index in [4.69, 9.17) is 4.42 Å². The van der Waals surface area contributed by atoms with Crippen molar-refractivity contribution in [3.8, 4) is 0 Å². The highest BCUT2D eigenvalue weighted by atomic mass is 16.3. The minimum absolute atomic E-state index is 0.0385. The molecule has 1 heterocycles. The summed E-state index contributed by atoms with van der Waals surface area (Å²) in [6.45, 7) is 4.30. The van der Waals surface area contributed by atoms with E-state index in [9.17, 15) is 14.7 Å². The van der Waals surface area contributed by atoms with Gasteiger partial charge in [-0.05, 0) is 38.0 Å². The largest absolute Gasteiger partial charge is 0.460 e. The fraction of sp³-hybridized carbons (Fsp3) is 0.600. The van der Waals surface area contributed by atoms with Crippen molar-refractivity contribution in [1.29, 1.82) is 0 Å². The van der Waals surface area contributed by atoms with Gasteiger partial charge in [-0.1, -0.05) is 19.4 Å². The predicted molar refractivity (Wildman–Crippen MR) is 87.1 cm³/mol. The van der Waals surface area contributed by atoms with Gasteiger partial charge in [-0.15, -0.1) is 0 Å². The van der Waals surface area contributed by atoms with Crippen LogP contribution in [0.5, 0.6) is 0 Å². The summed E-state index contributed by atoms with van der Waals surface area (Å²) in [5, 5.41) is 10.5. The van der Waals surface area contributed by atoms with E-state index < -0.39 is 0 Å². The summed E-state index contributed by atoms with van der Waals surface area (Å²) >= 11 is 0. The van der Waals surface area contributed by atoms with Crippen molar-refractivity contribution >= 4 is 11.6 Å². The van der Waals surface area contributed by atoms with Gasteiger partial charge in [0.05, 0.1) is 11.7 Å². The van der Waals surface area contributed by atoms with Crippen molar-refractivity contribution < 1.29 is 19.1 Å². The molecule has 0 unspecified atom stereocenters. The van der Waals surface area contributed by atoms with E-state index in [2.05, 4.69) is 13.8 Å². The Morgan fingerprint density at radius 2 is 1.96 bits per heavy atom. The lowest BCUT2D eigenvalue weighted by Gasteiger charge is -2.48. The third-order valence-corrected chi connectivity index (χ3v) is 7.49. The molecule has 0 amide bonds. The highest BCUT2D eigenvalue weighted by molar-refractivity contribution is 6.14. The predicted octanol–water partition coefficient (Wildman–Crippen LogP) is 3.58. The third-order valence-electron chi connectivity index (χ3n) is 7.49. The van der Waals surface area contributed by atoms with Crippen molar-refractivity contribution in [1.82, 2.24) is 0 Å². The smallest absolute Gasteiger partial charge is 0.224 e. The van der Waals surface area contributed by atoms with Crippen LogP contribution < -0.4 is 0 Å². The van der Waals surface area contributed by atoms with E-state index in [1.165, 1.54) is 11.8 Å². The average molecular weight is 326 g/mol. The highest BCUT2D eigenvalue weighted by Crippen LogP contribution is 2.61. The molecule has 4 atom stereocenters. The van der Waals surface area contributed by atoms with Crippen LogP contribution in [0.15, 0.2) is 21.8 Å². The summed E-state index contributed by atoms with van der Waals surface area (Å²) in [5.41, 5.74) is 3.09. The Kier molecular flexibility index (Phi) is 2.62. The summed E-state index contributed by atoms with van der Waals surface area (Å²) in [6, 6.07) is 0. The number of furan rings is 1. The Morgan fingerprint density at radius 1 is 1.17 bits per heavy atom. The van der Waals surface area contributed by atoms with Crippen LogP contribution in [0.2, 0.25) is 0 Å². The van der Waals surface area contributed by atoms with Gasteiger partial charge in [0.25, 0.3) is 0 Å². The monoisotopic (exact) mass is 326 g/mol. The first-order valence-electron chi connectivity index (χ1n) is 8.99. The molecule has 0 radical (unpaired) electrons. The minimum Gasteiger partial charge on any atom is -0.460 e. The van der Waals surface area contributed by atoms with Crippen molar-refractivity contribution in [2.24, 2.45) is 11.3 Å². The van der Waals surface area contributed by atoms with Crippen LogP contribution in [-0.2, 0) is 5.41 Å². The second-order valence-corrected chi connectivity index (χ2v) is 8.48. The number of rotatable bonds is 0. The molecule has 1 aromatic rings. The molecule has 126 valence electrons. The van der Waals surface area contributed by atoms with E-state index in [0.717, 1.165) is 43.2 Å². The molecule has 0 aliphatic heterocycles. The zero-order valence-electron chi connectivity index (χ0n) is 14.1. The number of carbonyl (C=O) groups is 2. The maximum absolute atomic E-state index is 13.2. The standard InChI is InChI=1S/C20H22O4/c1-19-7-5-12-15(11(19)3-4-14(19)22)17(23)18-16-10(9-24-18)13(21)6-8-20(12,16)2/h9,11,14,22H,3-8H2,1-2H3/t11-,14-,19-,20+/m0/s1. The first-order chi connectivity index (χ1) is 11.4. The summed E-state index contributed by atoms with van der Waals surface area (Å²) < 4.78 is 5.63. The molecule has 24 heavy (non-hydrogen) atoms. The molecule has 0 aromatic carbocycles. The number of aliphatic hydroxyl groups excluding tert-OH is 1. The van der Waals surface area contributed by atoms with Gasteiger partial charge in [0.2, 0.25) is 5.78 Å². The molecular weight excluding hydrogens is 304 g/mol. The van der Waals surface area contributed by atoms with Gasteiger partial charge in [0.1, 0.15) is 6.26 Å². The number of Topliss-reactive ketones (excluding diaryl/α,β-unsaturated/α-hetero) is 2. The van der Waals surface area contributed by atoms with Gasteiger partial charge in [0, 0.05) is 28.4 Å². The Morgan fingerprint density at radius 3 is 2.75 bits per heavy atom. The van der Waals surface area contributed by atoms with E-state index in [0.29, 0.717) is 17.7 Å². The normalized spacial score (nSPS) is 40.5. The number of fused-ring (bicyclic) bond motifs is 3. The van der Waals surface area contributed by atoms with Crippen LogP contribution in [-0.4, -0.2) is 22.8 Å². The summed E-state index contributed by atoms with van der Waals surface area (Å²) in [7, 11) is 0. The van der Waals surface area contributed by atoms with Crippen molar-refractivity contribution in [2.45, 2.75) is 63.9 Å². The summed E-state index contributed by atoms with van der Waals surface area (Å²) in [5.74, 6) is 0.541. The number of ketones is 2. The molecule has 1 aromatic heterocycles. The second kappa shape index (κ2) is 4.29. The van der Waals surface area contributed by atoms with Crippen molar-refractivity contribution in [3.05, 3.63) is 34.3 Å². The zero-order valence-corrected chi connectivity index (χ0v) is 14.1. The molecule has 0 spiro atoms. The van der Waals surface area contributed by atoms with Crippen molar-refractivity contribution in [3.63, 3.8) is 0 Å². The molecule has 4 nitrogen and oxygen atoms in total. The van der Waals surface area contributed by atoms with Crippen LogP contribution >= 0.6 is 0 Å². The summed E-state index contributed by atoms with van der Waals surface area (Å²) in [6.07, 6.45) is 5.79. The fourth-order valence-corrected chi connectivity index (χ4v) is 5.96. The number of hydrogen-bond donors (Lipinski definition) is 1. The number of aliphatic hydroxyl groups is 1. The lowest BCUT2D eigenvalue weighted by atomic mass is 9.54. The maximum atomic E-state index is 13.2. The molecule has 0 bridgehead atoms. The molecule has 4 aliphatic carbocycles. The lowest BCUT2D eigenvalue weighted by Crippen LogP contribution is -2.45. The van der Waals surface area contributed by atoms with Gasteiger partial charge < -0.3 is 9.52 Å². The van der Waals surface area contributed by atoms with Crippen molar-refractivity contribution in [2.75, 3.05) is 0 Å². The Bertz CT molecular complexity index is 829. The molecule has 1 N–H and O–H groups in total. The molecular formula is C20H22O4. The van der Waals surface area contributed by atoms with Crippen LogP contribution in [0, 0.1) is 11.3 Å². The molecule has 4 heteroatoms. The van der Waals surface area contributed by atoms with E-state index in [1.807, 2.05) is 0 Å². The van der Waals surface area contributed by atoms with E-state index >= 15 is 0 Å². The van der Waals surface area contributed by atoms with Gasteiger partial charge in [-0.2, -0.15) is 0 Å². The van der Waals surface area contributed by atoms with E-state index in [1.54, 1.807) is 0 Å². The summed E-state index contributed by atoms with van der Waals surface area (Å²) in [4.78, 5) is 25.5. The average Bonchev–Trinajstić information content (AvgIpc) is 3.13. The number of hydrogen-bond acceptors (Lipinski definition) is 4. The van der Waals surface area contributed by atoms with Crippen LogP contribution in [0.4, 0.5) is 0 Å². The third kappa shape index (κ3) is 1.45. The minimum atomic E-state index is -0.335. The second-order valence-electron chi connectivity index (χ2n) is 8.48. The van der Waals surface area contributed by atoms with Gasteiger partial charge in [0.15, 0.2) is 11.5 Å². The topological polar surface area (TPSA) is 67.5 Å². The van der Waals surface area contributed by atoms with E-state index in [-0.39, 0.29) is 34.4 Å². The molecule has 0 saturated heterocycles. The maximum Gasteiger partial charge on any atom is 0.224 e. The number of allylic oxidation sites excluding steroid dienone is 2. The Hall–Kier alpha value is -1.68. The Balaban J connectivity index is 1.76. The lowest BCUT2D eigenvalue weighted by molar-refractivity contribution is 0.0328. The quantitative estimate of drug-likeness (QED) is 0.791. The number of carbonyl (C=O) groups excluding carboxylic acids is 2. The molecule has 5 rings (SSSR count). The van der Waals surface area contributed by atoms with Crippen LogP contribution in [0.25, 0.3) is 0 Å². The zero-order chi connectivity index (χ0) is 16.9. The van der Waals surface area contributed by atoms with Gasteiger partial charge >= 0.3 is 0 Å². The van der Waals surface area contributed by atoms with Gasteiger partial charge in [-0.3, -0.25) is 9.59 Å². The first-order valence-corrected chi connectivity index (χ1v) is 8.99.